The monoisotopic (exact) mass is 373 g/mol. The molecule has 1 aliphatic heterocycles. The minimum Gasteiger partial charge on any atom is -0.326 e. The van der Waals surface area contributed by atoms with Crippen LogP contribution in [0.25, 0.3) is 0 Å². The molecule has 1 amide bonds. The van der Waals surface area contributed by atoms with Gasteiger partial charge in [0.25, 0.3) is 0 Å². The average Bonchev–Trinajstić information content (AvgIpc) is 3.00. The van der Waals surface area contributed by atoms with Crippen LogP contribution in [0.3, 0.4) is 0 Å². The molecule has 1 aliphatic rings. The van der Waals surface area contributed by atoms with Gasteiger partial charge in [0.1, 0.15) is 0 Å². The second kappa shape index (κ2) is 8.67. The van der Waals surface area contributed by atoms with E-state index in [1.165, 1.54) is 5.56 Å². The number of amides is 1. The number of likely N-dealkylation sites (tertiary alicyclic amines) is 1. The van der Waals surface area contributed by atoms with Crippen molar-refractivity contribution in [3.8, 4) is 0 Å². The molecule has 0 spiro atoms. The molecular formula is C21H28ClN3O. The van der Waals surface area contributed by atoms with Gasteiger partial charge in [-0.05, 0) is 43.5 Å². The SMILES string of the molecule is Cc1ccc(C)c(NC(=O)C(C)N2C[C@@H](N)[C@H](c3ccccc3)C2)c1.Cl. The molecule has 1 fully saturated rings. The largest absolute Gasteiger partial charge is 0.326 e. The first-order valence-electron chi connectivity index (χ1n) is 8.88. The van der Waals surface area contributed by atoms with Gasteiger partial charge in [-0.15, -0.1) is 12.4 Å². The quantitative estimate of drug-likeness (QED) is 0.862. The van der Waals surface area contributed by atoms with E-state index in [1.54, 1.807) is 0 Å². The predicted molar refractivity (Wildman–Crippen MR) is 110 cm³/mol. The maximum Gasteiger partial charge on any atom is 0.241 e. The molecule has 3 atom stereocenters. The first-order valence-corrected chi connectivity index (χ1v) is 8.88. The maximum atomic E-state index is 12.7. The third kappa shape index (κ3) is 4.44. The van der Waals surface area contributed by atoms with Crippen LogP contribution in [0.15, 0.2) is 48.5 Å². The Labute approximate surface area is 162 Å². The van der Waals surface area contributed by atoms with Gasteiger partial charge in [-0.2, -0.15) is 0 Å². The minimum absolute atomic E-state index is 0. The lowest BCUT2D eigenvalue weighted by Crippen LogP contribution is -2.41. The molecule has 0 saturated carbocycles. The van der Waals surface area contributed by atoms with E-state index in [0.717, 1.165) is 29.9 Å². The highest BCUT2D eigenvalue weighted by Gasteiger charge is 2.35. The van der Waals surface area contributed by atoms with Crippen LogP contribution in [0.5, 0.6) is 0 Å². The fourth-order valence-corrected chi connectivity index (χ4v) is 3.50. The van der Waals surface area contributed by atoms with Gasteiger partial charge in [0.2, 0.25) is 5.91 Å². The van der Waals surface area contributed by atoms with E-state index in [1.807, 2.05) is 51.1 Å². The lowest BCUT2D eigenvalue weighted by molar-refractivity contribution is -0.120. The smallest absolute Gasteiger partial charge is 0.241 e. The fraction of sp³-hybridized carbons (Fsp3) is 0.381. The van der Waals surface area contributed by atoms with Crippen molar-refractivity contribution < 1.29 is 4.79 Å². The summed E-state index contributed by atoms with van der Waals surface area (Å²) in [6.07, 6.45) is 0. The van der Waals surface area contributed by atoms with Crippen molar-refractivity contribution in [2.45, 2.75) is 38.8 Å². The van der Waals surface area contributed by atoms with Gasteiger partial charge in [0, 0.05) is 30.7 Å². The second-order valence-electron chi connectivity index (χ2n) is 7.12. The Morgan fingerprint density at radius 1 is 1.15 bits per heavy atom. The van der Waals surface area contributed by atoms with E-state index in [-0.39, 0.29) is 36.3 Å². The number of hydrogen-bond donors (Lipinski definition) is 2. The molecule has 1 heterocycles. The molecule has 1 saturated heterocycles. The third-order valence-corrected chi connectivity index (χ3v) is 5.20. The van der Waals surface area contributed by atoms with Crippen LogP contribution in [-0.2, 0) is 4.79 Å². The molecule has 0 bridgehead atoms. The van der Waals surface area contributed by atoms with Crippen molar-refractivity contribution in [2.75, 3.05) is 18.4 Å². The Hall–Kier alpha value is -1.88. The van der Waals surface area contributed by atoms with E-state index >= 15 is 0 Å². The van der Waals surface area contributed by atoms with Crippen molar-refractivity contribution >= 4 is 24.0 Å². The first-order chi connectivity index (χ1) is 12.0. The van der Waals surface area contributed by atoms with Gasteiger partial charge in [0.05, 0.1) is 6.04 Å². The molecule has 0 radical (unpaired) electrons. The van der Waals surface area contributed by atoms with Crippen molar-refractivity contribution in [2.24, 2.45) is 5.73 Å². The molecule has 2 aromatic carbocycles. The summed E-state index contributed by atoms with van der Waals surface area (Å²) in [5.41, 5.74) is 10.7. The molecule has 1 unspecified atom stereocenters. The number of hydrogen-bond acceptors (Lipinski definition) is 3. The summed E-state index contributed by atoms with van der Waals surface area (Å²) in [6, 6.07) is 16.3. The van der Waals surface area contributed by atoms with Crippen LogP contribution in [0.4, 0.5) is 5.69 Å². The van der Waals surface area contributed by atoms with Crippen LogP contribution in [0.1, 0.15) is 29.5 Å². The summed E-state index contributed by atoms with van der Waals surface area (Å²) in [7, 11) is 0. The number of halogens is 1. The van der Waals surface area contributed by atoms with E-state index in [9.17, 15) is 4.79 Å². The van der Waals surface area contributed by atoms with Crippen LogP contribution in [0.2, 0.25) is 0 Å². The summed E-state index contributed by atoms with van der Waals surface area (Å²) in [6.45, 7) is 7.55. The number of nitrogens with zero attached hydrogens (tertiary/aromatic N) is 1. The van der Waals surface area contributed by atoms with Crippen LogP contribution in [-0.4, -0.2) is 36.0 Å². The topological polar surface area (TPSA) is 58.4 Å². The molecule has 3 N–H and O–H groups in total. The summed E-state index contributed by atoms with van der Waals surface area (Å²) < 4.78 is 0. The zero-order chi connectivity index (χ0) is 18.0. The molecule has 5 heteroatoms. The summed E-state index contributed by atoms with van der Waals surface area (Å²) in [4.78, 5) is 14.9. The maximum absolute atomic E-state index is 12.7. The van der Waals surface area contributed by atoms with Crippen molar-refractivity contribution in [1.29, 1.82) is 0 Å². The highest BCUT2D eigenvalue weighted by Crippen LogP contribution is 2.28. The Morgan fingerprint density at radius 3 is 2.54 bits per heavy atom. The fourth-order valence-electron chi connectivity index (χ4n) is 3.50. The van der Waals surface area contributed by atoms with Crippen molar-refractivity contribution in [3.05, 3.63) is 65.2 Å². The zero-order valence-electron chi connectivity index (χ0n) is 15.6. The molecule has 4 nitrogen and oxygen atoms in total. The lowest BCUT2D eigenvalue weighted by atomic mass is 9.95. The van der Waals surface area contributed by atoms with E-state index < -0.39 is 0 Å². The number of nitrogens with one attached hydrogen (secondary N) is 1. The first kappa shape index (κ1) is 20.4. The Kier molecular flexibility index (Phi) is 6.81. The van der Waals surface area contributed by atoms with Gasteiger partial charge in [-0.3, -0.25) is 9.69 Å². The van der Waals surface area contributed by atoms with Gasteiger partial charge in [-0.25, -0.2) is 0 Å². The van der Waals surface area contributed by atoms with Gasteiger partial charge < -0.3 is 11.1 Å². The Balaban J connectivity index is 0.00000243. The number of rotatable bonds is 4. The van der Waals surface area contributed by atoms with Gasteiger partial charge >= 0.3 is 0 Å². The number of aryl methyl sites for hydroxylation is 2. The zero-order valence-corrected chi connectivity index (χ0v) is 16.4. The molecule has 3 rings (SSSR count). The normalized spacial score (nSPS) is 21.1. The number of carbonyl (C=O) groups is 1. The lowest BCUT2D eigenvalue weighted by Gasteiger charge is -2.24. The van der Waals surface area contributed by atoms with Crippen molar-refractivity contribution in [1.82, 2.24) is 4.90 Å². The molecule has 26 heavy (non-hydrogen) atoms. The average molecular weight is 374 g/mol. The Bertz CT molecular complexity index is 750. The number of carbonyl (C=O) groups excluding carboxylic acids is 1. The third-order valence-electron chi connectivity index (χ3n) is 5.20. The highest BCUT2D eigenvalue weighted by molar-refractivity contribution is 5.95. The van der Waals surface area contributed by atoms with Crippen molar-refractivity contribution in [3.63, 3.8) is 0 Å². The predicted octanol–water partition coefficient (Wildman–Crippen LogP) is 3.48. The number of nitrogens with two attached hydrogens (primary N) is 1. The molecule has 0 aromatic heterocycles. The summed E-state index contributed by atoms with van der Waals surface area (Å²) in [5, 5.41) is 3.08. The van der Waals surface area contributed by atoms with E-state index in [0.29, 0.717) is 0 Å². The van der Waals surface area contributed by atoms with E-state index in [2.05, 4.69) is 28.4 Å². The standard InChI is InChI=1S/C21H27N3O.ClH/c1-14-9-10-15(2)20(11-14)23-21(25)16(3)24-12-18(19(22)13-24)17-7-5-4-6-8-17;/h4-11,16,18-19H,12-13,22H2,1-3H3,(H,23,25);1H/t16?,18-,19+;/m0./s1. The molecule has 140 valence electrons. The summed E-state index contributed by atoms with van der Waals surface area (Å²) >= 11 is 0. The molecule has 2 aromatic rings. The summed E-state index contributed by atoms with van der Waals surface area (Å²) in [5.74, 6) is 0.298. The van der Waals surface area contributed by atoms with Gasteiger partial charge in [-0.1, -0.05) is 42.5 Å². The Morgan fingerprint density at radius 2 is 1.85 bits per heavy atom. The second-order valence-corrected chi connectivity index (χ2v) is 7.12. The van der Waals surface area contributed by atoms with Crippen LogP contribution < -0.4 is 11.1 Å². The highest BCUT2D eigenvalue weighted by atomic mass is 35.5. The van der Waals surface area contributed by atoms with Gasteiger partial charge in [0.15, 0.2) is 0 Å². The number of anilines is 1. The van der Waals surface area contributed by atoms with E-state index in [4.69, 9.17) is 5.73 Å². The minimum atomic E-state index is -0.209. The van der Waals surface area contributed by atoms with Crippen LogP contribution in [0, 0.1) is 13.8 Å². The molecular weight excluding hydrogens is 346 g/mol. The number of benzene rings is 2. The molecule has 0 aliphatic carbocycles. The van der Waals surface area contributed by atoms with Crippen LogP contribution >= 0.6 is 12.4 Å².